The van der Waals surface area contributed by atoms with Gasteiger partial charge in [0.2, 0.25) is 0 Å². The summed E-state index contributed by atoms with van der Waals surface area (Å²) in [5.41, 5.74) is 0.109. The van der Waals surface area contributed by atoms with E-state index in [4.69, 9.17) is 14.6 Å². The lowest BCUT2D eigenvalue weighted by atomic mass is 9.94. The van der Waals surface area contributed by atoms with E-state index in [1.165, 1.54) is 12.8 Å². The molecule has 2 saturated heterocycles. The van der Waals surface area contributed by atoms with E-state index in [1.54, 1.807) is 7.11 Å². The van der Waals surface area contributed by atoms with Gasteiger partial charge in [-0.1, -0.05) is 20.3 Å². The Morgan fingerprint density at radius 1 is 1.47 bits per heavy atom. The van der Waals surface area contributed by atoms with Crippen LogP contribution >= 0.6 is 0 Å². The molecule has 2 fully saturated rings. The van der Waals surface area contributed by atoms with Gasteiger partial charge in [-0.05, 0) is 25.8 Å². The summed E-state index contributed by atoms with van der Waals surface area (Å²) < 4.78 is 10.7. The van der Waals surface area contributed by atoms with Crippen LogP contribution in [-0.2, 0) is 14.3 Å². The molecule has 2 aliphatic rings. The zero-order chi connectivity index (χ0) is 14.3. The van der Waals surface area contributed by atoms with Crippen molar-refractivity contribution in [2.75, 3.05) is 33.4 Å². The number of ether oxygens (including phenoxy) is 2. The van der Waals surface area contributed by atoms with Gasteiger partial charge in [-0.3, -0.25) is 4.90 Å². The van der Waals surface area contributed by atoms with Crippen LogP contribution in [0.3, 0.4) is 0 Å². The van der Waals surface area contributed by atoms with Gasteiger partial charge in [0.15, 0.2) is 0 Å². The van der Waals surface area contributed by atoms with Crippen molar-refractivity contribution in [3.63, 3.8) is 0 Å². The maximum atomic E-state index is 10.4. The summed E-state index contributed by atoms with van der Waals surface area (Å²) in [5.74, 6) is -0.896. The predicted molar refractivity (Wildman–Crippen MR) is 73.4 cm³/mol. The number of methoxy groups -OCH3 is 1. The Morgan fingerprint density at radius 3 is 2.74 bits per heavy atom. The first-order chi connectivity index (χ1) is 9.07. The summed E-state index contributed by atoms with van der Waals surface area (Å²) in [6, 6.07) is 0. The van der Waals surface area contributed by atoms with E-state index in [-0.39, 0.29) is 18.2 Å². The van der Waals surface area contributed by atoms with Crippen molar-refractivity contribution in [3.8, 4) is 0 Å². The number of carbonyl (C=O) groups is 1. The molecule has 0 bridgehead atoms. The second-order valence-corrected chi connectivity index (χ2v) is 5.44. The van der Waals surface area contributed by atoms with Gasteiger partial charge >= 0.3 is 5.97 Å². The summed E-state index contributed by atoms with van der Waals surface area (Å²) >= 11 is 0. The molecule has 2 rings (SSSR count). The highest BCUT2D eigenvalue weighted by atomic mass is 16.5. The lowest BCUT2D eigenvalue weighted by molar-refractivity contribution is -0.144. The van der Waals surface area contributed by atoms with Crippen molar-refractivity contribution in [2.45, 2.75) is 51.2 Å². The minimum absolute atomic E-state index is 0.0477. The van der Waals surface area contributed by atoms with Crippen LogP contribution in [0.25, 0.3) is 0 Å². The molecule has 2 atom stereocenters. The van der Waals surface area contributed by atoms with Crippen LogP contribution in [0.15, 0.2) is 0 Å². The van der Waals surface area contributed by atoms with Gasteiger partial charge in [0.05, 0.1) is 12.7 Å². The fourth-order valence-electron chi connectivity index (χ4n) is 3.04. The Balaban J connectivity index is 0.000000550. The van der Waals surface area contributed by atoms with Crippen molar-refractivity contribution in [3.05, 3.63) is 0 Å². The zero-order valence-corrected chi connectivity index (χ0v) is 12.4. The van der Waals surface area contributed by atoms with Crippen LogP contribution in [0.2, 0.25) is 0 Å². The highest BCUT2D eigenvalue weighted by molar-refractivity contribution is 5.68. The molecule has 2 heterocycles. The highest BCUT2D eigenvalue weighted by Gasteiger charge is 2.48. The average molecular weight is 273 g/mol. The molecule has 0 aromatic rings. The maximum Gasteiger partial charge on any atom is 0.329 e. The Kier molecular flexibility index (Phi) is 6.75. The lowest BCUT2D eigenvalue weighted by Crippen LogP contribution is -2.42. The summed E-state index contributed by atoms with van der Waals surface area (Å²) in [5, 5.41) is 8.58. The molecule has 19 heavy (non-hydrogen) atoms. The van der Waals surface area contributed by atoms with Crippen molar-refractivity contribution in [1.82, 2.24) is 4.90 Å². The van der Waals surface area contributed by atoms with E-state index < -0.39 is 5.97 Å². The molecule has 0 aromatic heterocycles. The molecule has 112 valence electrons. The Hall–Kier alpha value is -0.650. The predicted octanol–water partition coefficient (Wildman–Crippen LogP) is 1.76. The molecule has 0 amide bonds. The molecule has 5 heteroatoms. The Labute approximate surface area is 115 Å². The number of nitrogens with zero attached hydrogens (tertiary/aromatic N) is 1. The minimum Gasteiger partial charge on any atom is -0.480 e. The highest BCUT2D eigenvalue weighted by Crippen LogP contribution is 2.39. The second kappa shape index (κ2) is 7.82. The van der Waals surface area contributed by atoms with E-state index in [0.29, 0.717) is 0 Å². The van der Waals surface area contributed by atoms with Crippen LogP contribution in [0.5, 0.6) is 0 Å². The number of fused-ring (bicyclic) bond motifs is 1. The van der Waals surface area contributed by atoms with Gasteiger partial charge in [0, 0.05) is 19.2 Å². The summed E-state index contributed by atoms with van der Waals surface area (Å²) in [4.78, 5) is 12.8. The third kappa shape index (κ3) is 4.44. The third-order valence-electron chi connectivity index (χ3n) is 3.63. The maximum absolute atomic E-state index is 10.4. The van der Waals surface area contributed by atoms with Crippen molar-refractivity contribution < 1.29 is 19.4 Å². The van der Waals surface area contributed by atoms with Crippen molar-refractivity contribution >= 4 is 5.97 Å². The normalized spacial score (nSPS) is 29.7. The van der Waals surface area contributed by atoms with Crippen LogP contribution in [0, 0.1) is 0 Å². The molecule has 2 unspecified atom stereocenters. The van der Waals surface area contributed by atoms with Gasteiger partial charge in [-0.2, -0.15) is 0 Å². The smallest absolute Gasteiger partial charge is 0.329 e. The average Bonchev–Trinajstić information content (AvgIpc) is 2.84. The Bertz CT molecular complexity index is 285. The van der Waals surface area contributed by atoms with Gasteiger partial charge in [0.25, 0.3) is 0 Å². The number of carboxylic acids is 1. The lowest BCUT2D eigenvalue weighted by Gasteiger charge is -2.30. The largest absolute Gasteiger partial charge is 0.480 e. The van der Waals surface area contributed by atoms with E-state index in [2.05, 4.69) is 18.7 Å². The minimum atomic E-state index is -0.896. The quantitative estimate of drug-likeness (QED) is 0.827. The van der Waals surface area contributed by atoms with Crippen LogP contribution in [0.4, 0.5) is 0 Å². The number of aliphatic carboxylic acids is 1. The first kappa shape index (κ1) is 16.4. The molecule has 2 aliphatic heterocycles. The molecule has 0 spiro atoms. The number of hydrogen-bond acceptors (Lipinski definition) is 4. The number of rotatable bonds is 5. The van der Waals surface area contributed by atoms with E-state index in [1.807, 2.05) is 0 Å². The zero-order valence-electron chi connectivity index (χ0n) is 12.4. The molecular weight excluding hydrogens is 246 g/mol. The summed E-state index contributed by atoms with van der Waals surface area (Å²) in [7, 11) is 1.72. The molecule has 5 nitrogen and oxygen atoms in total. The van der Waals surface area contributed by atoms with Gasteiger partial charge < -0.3 is 14.6 Å². The van der Waals surface area contributed by atoms with Gasteiger partial charge in [-0.15, -0.1) is 0 Å². The third-order valence-corrected chi connectivity index (χ3v) is 3.63. The second-order valence-electron chi connectivity index (χ2n) is 5.44. The summed E-state index contributed by atoms with van der Waals surface area (Å²) in [6.45, 7) is 6.70. The van der Waals surface area contributed by atoms with Crippen LogP contribution in [-0.4, -0.2) is 61.0 Å². The van der Waals surface area contributed by atoms with Crippen LogP contribution in [0.1, 0.15) is 39.5 Å². The topological polar surface area (TPSA) is 59.0 Å². The first-order valence-electron chi connectivity index (χ1n) is 7.15. The SMILES string of the molecule is CCC.COCC12CCCN1CC(OCC(=O)O)C2. The molecule has 0 aliphatic carbocycles. The molecule has 0 radical (unpaired) electrons. The molecular formula is C14H27NO4. The number of hydrogen-bond donors (Lipinski definition) is 1. The molecule has 0 aromatic carbocycles. The fourth-order valence-corrected chi connectivity index (χ4v) is 3.04. The standard InChI is InChI=1S/C11H19NO4.C3H8/c1-15-8-11-3-2-4-12(11)6-9(5-11)16-7-10(13)14;1-3-2/h9H,2-8H2,1H3,(H,13,14);3H2,1-2H3. The first-order valence-corrected chi connectivity index (χ1v) is 7.15. The number of carboxylic acid groups (broad SMARTS) is 1. The summed E-state index contributed by atoms with van der Waals surface area (Å²) in [6.07, 6.45) is 4.53. The monoisotopic (exact) mass is 273 g/mol. The van der Waals surface area contributed by atoms with E-state index >= 15 is 0 Å². The van der Waals surface area contributed by atoms with Crippen molar-refractivity contribution in [2.24, 2.45) is 0 Å². The van der Waals surface area contributed by atoms with E-state index in [0.717, 1.165) is 32.5 Å². The van der Waals surface area contributed by atoms with Crippen LogP contribution < -0.4 is 0 Å². The molecule has 0 saturated carbocycles. The van der Waals surface area contributed by atoms with Gasteiger partial charge in [0.1, 0.15) is 6.61 Å². The Morgan fingerprint density at radius 2 is 2.16 bits per heavy atom. The van der Waals surface area contributed by atoms with Gasteiger partial charge in [-0.25, -0.2) is 4.79 Å². The molecule has 1 N–H and O–H groups in total. The fraction of sp³-hybridized carbons (Fsp3) is 0.929. The van der Waals surface area contributed by atoms with Crippen molar-refractivity contribution in [1.29, 1.82) is 0 Å². The van der Waals surface area contributed by atoms with E-state index in [9.17, 15) is 4.79 Å².